The first kappa shape index (κ1) is 86.0. The summed E-state index contributed by atoms with van der Waals surface area (Å²) in [5.74, 6) is -0.255. The van der Waals surface area contributed by atoms with E-state index in [1.54, 1.807) is 0 Å². The van der Waals surface area contributed by atoms with Crippen LogP contribution in [0, 0.1) is 0 Å². The van der Waals surface area contributed by atoms with E-state index in [0.29, 0.717) is 12.8 Å². The molecule has 3 fully saturated rings. The number of carbonyl (C=O) groups is 1. The molecule has 0 spiro atoms. The summed E-state index contributed by atoms with van der Waals surface area (Å²) in [5.41, 5.74) is 0. The van der Waals surface area contributed by atoms with E-state index in [2.05, 4.69) is 67.8 Å². The minimum absolute atomic E-state index is 0.249. The smallest absolute Gasteiger partial charge is 0.220 e. The highest BCUT2D eigenvalue weighted by molar-refractivity contribution is 5.76. The van der Waals surface area contributed by atoms with Gasteiger partial charge in [0, 0.05) is 6.42 Å². The van der Waals surface area contributed by atoms with Crippen LogP contribution in [0.15, 0.2) is 48.6 Å². The number of aliphatic hydroxyl groups excluding tert-OH is 11. The first-order valence-electron chi connectivity index (χ1n) is 37.9. The van der Waals surface area contributed by atoms with Crippen molar-refractivity contribution in [3.05, 3.63) is 48.6 Å². The van der Waals surface area contributed by atoms with Crippen LogP contribution in [0.3, 0.4) is 0 Å². The maximum atomic E-state index is 13.4. The zero-order chi connectivity index (χ0) is 68.2. The first-order chi connectivity index (χ1) is 45.8. The highest BCUT2D eigenvalue weighted by Gasteiger charge is 2.53. The van der Waals surface area contributed by atoms with Crippen LogP contribution in [-0.4, -0.2) is 193 Å². The summed E-state index contributed by atoms with van der Waals surface area (Å²) >= 11 is 0. The van der Waals surface area contributed by atoms with Crippen molar-refractivity contribution in [1.29, 1.82) is 0 Å². The monoisotopic (exact) mass is 1340 g/mol. The number of carbonyl (C=O) groups excluding carboxylic acids is 1. The summed E-state index contributed by atoms with van der Waals surface area (Å²) in [6.45, 7) is 1.70. The Morgan fingerprint density at radius 3 is 1.15 bits per heavy atom. The van der Waals surface area contributed by atoms with Gasteiger partial charge in [-0.05, 0) is 51.4 Å². The number of hydrogen-bond acceptors (Lipinski definition) is 18. The predicted octanol–water partition coefficient (Wildman–Crippen LogP) is 11.3. The molecule has 94 heavy (non-hydrogen) atoms. The fourth-order valence-electron chi connectivity index (χ4n) is 12.8. The Bertz CT molecular complexity index is 1890. The molecular weight excluding hydrogens is 1200 g/mol. The summed E-state index contributed by atoms with van der Waals surface area (Å²) in [7, 11) is 0. The minimum Gasteiger partial charge on any atom is -0.394 e. The molecule has 0 radical (unpaired) electrons. The molecule has 0 aromatic heterocycles. The van der Waals surface area contributed by atoms with Gasteiger partial charge in [0.1, 0.15) is 73.2 Å². The lowest BCUT2D eigenvalue weighted by atomic mass is 9.96. The van der Waals surface area contributed by atoms with Crippen molar-refractivity contribution < 1.29 is 89.4 Å². The van der Waals surface area contributed by atoms with Gasteiger partial charge in [0.05, 0.1) is 38.6 Å². The third-order valence-corrected chi connectivity index (χ3v) is 18.9. The molecular formula is C75H137NO18. The highest BCUT2D eigenvalue weighted by atomic mass is 16.8. The molecule has 550 valence electrons. The Morgan fingerprint density at radius 1 is 0.394 bits per heavy atom. The number of rotatable bonds is 59. The Hall–Kier alpha value is -2.25. The largest absolute Gasteiger partial charge is 0.394 e. The fraction of sp³-hybridized carbons (Fsp3) is 0.880. The third kappa shape index (κ3) is 37.3. The molecule has 3 rings (SSSR count). The number of allylic oxidation sites excluding steroid dienone is 8. The highest BCUT2D eigenvalue weighted by Crippen LogP contribution is 2.33. The molecule has 17 unspecified atom stereocenters. The number of hydrogen-bond donors (Lipinski definition) is 12. The van der Waals surface area contributed by atoms with E-state index < -0.39 is 124 Å². The average molecular weight is 1340 g/mol. The van der Waals surface area contributed by atoms with Gasteiger partial charge in [0.2, 0.25) is 5.91 Å². The molecule has 12 N–H and O–H groups in total. The lowest BCUT2D eigenvalue weighted by Crippen LogP contribution is -2.66. The van der Waals surface area contributed by atoms with Gasteiger partial charge in [-0.2, -0.15) is 0 Å². The van der Waals surface area contributed by atoms with Crippen molar-refractivity contribution in [3.63, 3.8) is 0 Å². The number of nitrogens with one attached hydrogen (secondary N) is 1. The molecule has 17 atom stereocenters. The summed E-state index contributed by atoms with van der Waals surface area (Å²) in [4.78, 5) is 13.4. The maximum absolute atomic E-state index is 13.4. The van der Waals surface area contributed by atoms with E-state index >= 15 is 0 Å². The van der Waals surface area contributed by atoms with Crippen molar-refractivity contribution in [2.24, 2.45) is 0 Å². The Morgan fingerprint density at radius 2 is 0.734 bits per heavy atom. The van der Waals surface area contributed by atoms with Crippen LogP contribution < -0.4 is 5.32 Å². The summed E-state index contributed by atoms with van der Waals surface area (Å²) in [5, 5.41) is 121. The van der Waals surface area contributed by atoms with E-state index in [1.165, 1.54) is 167 Å². The number of aliphatic hydroxyl groups is 11. The van der Waals surface area contributed by atoms with E-state index in [9.17, 15) is 61.0 Å². The van der Waals surface area contributed by atoms with Gasteiger partial charge >= 0.3 is 0 Å². The van der Waals surface area contributed by atoms with Gasteiger partial charge in [-0.1, -0.05) is 281 Å². The minimum atomic E-state index is -1.98. The first-order valence-corrected chi connectivity index (χ1v) is 37.9. The van der Waals surface area contributed by atoms with Gasteiger partial charge in [0.25, 0.3) is 0 Å². The summed E-state index contributed by atoms with van der Waals surface area (Å²) in [6.07, 6.45) is 42.0. The number of unbranched alkanes of at least 4 members (excludes halogenated alkanes) is 35. The fourth-order valence-corrected chi connectivity index (χ4v) is 12.8. The molecule has 0 aromatic rings. The maximum Gasteiger partial charge on any atom is 0.220 e. The van der Waals surface area contributed by atoms with Crippen LogP contribution in [0.4, 0.5) is 0 Å². The van der Waals surface area contributed by atoms with E-state index in [0.717, 1.165) is 89.9 Å². The molecule has 3 aliphatic heterocycles. The normalized spacial score (nSPS) is 27.6. The van der Waals surface area contributed by atoms with Crippen LogP contribution in [0.25, 0.3) is 0 Å². The summed E-state index contributed by atoms with van der Waals surface area (Å²) in [6, 6.07) is -0.898. The van der Waals surface area contributed by atoms with Crippen LogP contribution >= 0.6 is 0 Å². The van der Waals surface area contributed by atoms with Gasteiger partial charge in [-0.25, -0.2) is 0 Å². The molecule has 0 bridgehead atoms. The zero-order valence-corrected chi connectivity index (χ0v) is 58.4. The Labute approximate surface area is 567 Å². The quantitative estimate of drug-likeness (QED) is 0.0199. The van der Waals surface area contributed by atoms with E-state index in [4.69, 9.17) is 28.4 Å². The van der Waals surface area contributed by atoms with Crippen molar-refractivity contribution >= 4 is 5.91 Å². The molecule has 3 saturated heterocycles. The van der Waals surface area contributed by atoms with Crippen LogP contribution in [0.2, 0.25) is 0 Å². The average Bonchev–Trinajstić information content (AvgIpc) is 0.787. The third-order valence-electron chi connectivity index (χ3n) is 18.9. The number of amides is 1. The lowest BCUT2D eigenvalue weighted by Gasteiger charge is -2.48. The Kier molecular flexibility index (Phi) is 51.7. The van der Waals surface area contributed by atoms with E-state index in [1.807, 2.05) is 0 Å². The van der Waals surface area contributed by atoms with Gasteiger partial charge in [-0.15, -0.1) is 0 Å². The molecule has 0 aromatic carbocycles. The SMILES string of the molecule is CC/C=C\C/C=C\C/C=C\C/C=C\CCCCCCCCC(=O)NC(COC1OC(CO)C(OC2OC(CO)C(OC3OC(CO)C(O)C(O)C3O)C(O)C2O)C(O)C1O)C(O)CCCCCCCCCCCCCCCCCCCCCCCCCCCCCCCC. The van der Waals surface area contributed by atoms with Gasteiger partial charge < -0.3 is 89.9 Å². The van der Waals surface area contributed by atoms with Crippen molar-refractivity contribution in [3.8, 4) is 0 Å². The molecule has 19 nitrogen and oxygen atoms in total. The molecule has 0 aliphatic carbocycles. The van der Waals surface area contributed by atoms with Crippen molar-refractivity contribution in [2.75, 3.05) is 26.4 Å². The van der Waals surface area contributed by atoms with Gasteiger partial charge in [-0.3, -0.25) is 4.79 Å². The van der Waals surface area contributed by atoms with Crippen LogP contribution in [-0.2, 0) is 33.2 Å². The second kappa shape index (κ2) is 56.5. The molecule has 3 heterocycles. The van der Waals surface area contributed by atoms with Gasteiger partial charge in [0.15, 0.2) is 18.9 Å². The standard InChI is InChI=1S/C75H137NO18/c1-3-5-7-9-11-13-15-17-19-21-23-24-25-26-27-28-29-30-31-32-33-35-36-38-40-42-44-46-48-50-52-59(80)58(76-63(81)53-51-49-47-45-43-41-39-37-34-22-20-18-16-14-12-10-8-6-4-2)57-89-73-69(87)66(84)71(61(55-78)91-73)94-75-70(88)67(85)72(62(56-79)92-75)93-74-68(86)65(83)64(82)60(54-77)90-74/h6,8,12,14,18,20,34,37,58-62,64-75,77-80,82-88H,3-5,7,9-11,13,15-17,19,21-33,35-36,38-57H2,1-2H3,(H,76,81)/b8-6-,14-12-,20-18-,37-34-. The molecule has 3 aliphatic rings. The number of ether oxygens (including phenoxy) is 6. The predicted molar refractivity (Wildman–Crippen MR) is 369 cm³/mol. The Balaban J connectivity index is 1.38. The second-order valence-corrected chi connectivity index (χ2v) is 27.1. The van der Waals surface area contributed by atoms with Crippen LogP contribution in [0.1, 0.15) is 290 Å². The molecule has 1 amide bonds. The van der Waals surface area contributed by atoms with Crippen molar-refractivity contribution in [1.82, 2.24) is 5.32 Å². The molecule has 0 saturated carbocycles. The topological polar surface area (TPSA) is 307 Å². The molecule has 19 heteroatoms. The van der Waals surface area contributed by atoms with Crippen molar-refractivity contribution in [2.45, 2.75) is 394 Å². The van der Waals surface area contributed by atoms with Crippen LogP contribution in [0.5, 0.6) is 0 Å². The van der Waals surface area contributed by atoms with E-state index in [-0.39, 0.29) is 18.9 Å². The lowest BCUT2D eigenvalue weighted by molar-refractivity contribution is -0.379. The zero-order valence-electron chi connectivity index (χ0n) is 58.4. The second-order valence-electron chi connectivity index (χ2n) is 27.1. The summed E-state index contributed by atoms with van der Waals surface area (Å²) < 4.78 is 34.5.